The highest BCUT2D eigenvalue weighted by atomic mass is 16.6. The van der Waals surface area contributed by atoms with Gasteiger partial charge in [0.1, 0.15) is 23.6 Å². The van der Waals surface area contributed by atoms with E-state index in [0.29, 0.717) is 24.4 Å². The van der Waals surface area contributed by atoms with E-state index in [1.807, 2.05) is 6.07 Å². The van der Waals surface area contributed by atoms with Crippen LogP contribution in [0.1, 0.15) is 33.3 Å². The number of rotatable bonds is 7. The van der Waals surface area contributed by atoms with Gasteiger partial charge >= 0.3 is 0 Å². The third-order valence-electron chi connectivity index (χ3n) is 3.19. The third kappa shape index (κ3) is 4.68. The Kier molecular flexibility index (Phi) is 6.06. The standard InChI is InChI=1S/C14H21N5O2/c1-10(2)18(11(3)4)6-5-16-14-12(8-15)7-13(9-17-14)19(20)21/h7,9-11H,5-6H2,1-4H3,(H,16,17). The van der Waals surface area contributed by atoms with Crippen LogP contribution in [0.4, 0.5) is 11.5 Å². The molecule has 7 nitrogen and oxygen atoms in total. The van der Waals surface area contributed by atoms with Gasteiger partial charge in [0.25, 0.3) is 5.69 Å². The minimum absolute atomic E-state index is 0.178. The molecule has 21 heavy (non-hydrogen) atoms. The molecular weight excluding hydrogens is 270 g/mol. The average Bonchev–Trinajstić information content (AvgIpc) is 2.42. The SMILES string of the molecule is CC(C)N(CCNc1ncc([N+](=O)[O-])cc1C#N)C(C)C. The lowest BCUT2D eigenvalue weighted by Gasteiger charge is -2.30. The van der Waals surface area contributed by atoms with E-state index in [4.69, 9.17) is 5.26 Å². The summed E-state index contributed by atoms with van der Waals surface area (Å²) in [5.74, 6) is 0.385. The number of nitrogens with one attached hydrogen (secondary N) is 1. The first-order valence-electron chi connectivity index (χ1n) is 6.91. The van der Waals surface area contributed by atoms with Crippen LogP contribution in [0, 0.1) is 21.4 Å². The van der Waals surface area contributed by atoms with Crippen molar-refractivity contribution in [3.8, 4) is 6.07 Å². The molecule has 0 spiro atoms. The smallest absolute Gasteiger partial charge is 0.289 e. The van der Waals surface area contributed by atoms with Gasteiger partial charge in [-0.2, -0.15) is 5.26 Å². The van der Waals surface area contributed by atoms with Crippen molar-refractivity contribution in [3.63, 3.8) is 0 Å². The second-order valence-electron chi connectivity index (χ2n) is 5.31. The fourth-order valence-corrected chi connectivity index (χ4v) is 2.20. The highest BCUT2D eigenvalue weighted by Crippen LogP contribution is 2.18. The highest BCUT2D eigenvalue weighted by molar-refractivity contribution is 5.55. The quantitative estimate of drug-likeness (QED) is 0.612. The molecule has 0 aliphatic heterocycles. The van der Waals surface area contributed by atoms with Gasteiger partial charge in [0, 0.05) is 31.2 Å². The van der Waals surface area contributed by atoms with Gasteiger partial charge in [0.2, 0.25) is 0 Å². The van der Waals surface area contributed by atoms with Crippen LogP contribution in [0.25, 0.3) is 0 Å². The molecule has 0 saturated heterocycles. The molecule has 0 atom stereocenters. The predicted octanol–water partition coefficient (Wildman–Crippen LogP) is 2.39. The monoisotopic (exact) mass is 291 g/mol. The molecule has 1 heterocycles. The number of anilines is 1. The molecule has 0 saturated carbocycles. The van der Waals surface area contributed by atoms with E-state index in [2.05, 4.69) is 42.9 Å². The van der Waals surface area contributed by atoms with Crippen LogP contribution in [0.3, 0.4) is 0 Å². The van der Waals surface area contributed by atoms with E-state index >= 15 is 0 Å². The topological polar surface area (TPSA) is 95.1 Å². The van der Waals surface area contributed by atoms with Gasteiger partial charge in [-0.05, 0) is 27.7 Å². The minimum atomic E-state index is -0.559. The number of hydrogen-bond donors (Lipinski definition) is 1. The number of pyridine rings is 1. The Morgan fingerprint density at radius 3 is 2.52 bits per heavy atom. The molecule has 1 aromatic rings. The third-order valence-corrected chi connectivity index (χ3v) is 3.19. The molecule has 114 valence electrons. The second-order valence-corrected chi connectivity index (χ2v) is 5.31. The number of hydrogen-bond acceptors (Lipinski definition) is 6. The summed E-state index contributed by atoms with van der Waals surface area (Å²) in [5, 5.41) is 22.8. The zero-order valence-electron chi connectivity index (χ0n) is 12.8. The van der Waals surface area contributed by atoms with Crippen LogP contribution >= 0.6 is 0 Å². The number of nitrogens with zero attached hydrogens (tertiary/aromatic N) is 4. The van der Waals surface area contributed by atoms with Crippen LogP contribution in [0.2, 0.25) is 0 Å². The molecule has 0 unspecified atom stereocenters. The summed E-state index contributed by atoms with van der Waals surface area (Å²) >= 11 is 0. The molecule has 1 N–H and O–H groups in total. The maximum Gasteiger partial charge on any atom is 0.289 e. The van der Waals surface area contributed by atoms with Crippen LogP contribution in [-0.2, 0) is 0 Å². The summed E-state index contributed by atoms with van der Waals surface area (Å²) in [4.78, 5) is 16.4. The molecule has 0 aromatic carbocycles. The Hall–Kier alpha value is -2.20. The maximum absolute atomic E-state index is 10.7. The van der Waals surface area contributed by atoms with E-state index in [0.717, 1.165) is 12.7 Å². The Morgan fingerprint density at radius 2 is 2.05 bits per heavy atom. The summed E-state index contributed by atoms with van der Waals surface area (Å²) in [6.07, 6.45) is 1.16. The lowest BCUT2D eigenvalue weighted by Crippen LogP contribution is -2.40. The van der Waals surface area contributed by atoms with Gasteiger partial charge in [-0.15, -0.1) is 0 Å². The number of aromatic nitrogens is 1. The van der Waals surface area contributed by atoms with E-state index in [1.165, 1.54) is 6.07 Å². The van der Waals surface area contributed by atoms with E-state index in [1.54, 1.807) is 0 Å². The zero-order valence-corrected chi connectivity index (χ0v) is 12.8. The van der Waals surface area contributed by atoms with Crippen molar-refractivity contribution in [3.05, 3.63) is 27.9 Å². The summed E-state index contributed by atoms with van der Waals surface area (Å²) in [7, 11) is 0. The van der Waals surface area contributed by atoms with Gasteiger partial charge in [0.05, 0.1) is 4.92 Å². The van der Waals surface area contributed by atoms with Crippen molar-refractivity contribution in [2.24, 2.45) is 0 Å². The largest absolute Gasteiger partial charge is 0.368 e. The summed E-state index contributed by atoms with van der Waals surface area (Å²) in [5.41, 5.74) is 0.00734. The molecule has 0 fully saturated rings. The summed E-state index contributed by atoms with van der Waals surface area (Å²) < 4.78 is 0. The lowest BCUT2D eigenvalue weighted by atomic mass is 10.2. The van der Waals surface area contributed by atoms with Crippen molar-refractivity contribution in [1.82, 2.24) is 9.88 Å². The van der Waals surface area contributed by atoms with Gasteiger partial charge in [-0.3, -0.25) is 15.0 Å². The van der Waals surface area contributed by atoms with Crippen LogP contribution in [0.15, 0.2) is 12.3 Å². The molecule has 1 rings (SSSR count). The van der Waals surface area contributed by atoms with Crippen molar-refractivity contribution >= 4 is 11.5 Å². The van der Waals surface area contributed by atoms with Crippen LogP contribution < -0.4 is 5.32 Å². The maximum atomic E-state index is 10.7. The average molecular weight is 291 g/mol. The Morgan fingerprint density at radius 1 is 1.43 bits per heavy atom. The van der Waals surface area contributed by atoms with Gasteiger partial charge < -0.3 is 5.32 Å². The van der Waals surface area contributed by atoms with Gasteiger partial charge in [-0.25, -0.2) is 4.98 Å². The Bertz CT molecular complexity index is 529. The molecular formula is C14H21N5O2. The van der Waals surface area contributed by atoms with Crippen molar-refractivity contribution in [2.45, 2.75) is 39.8 Å². The fraction of sp³-hybridized carbons (Fsp3) is 0.571. The molecule has 0 radical (unpaired) electrons. The van der Waals surface area contributed by atoms with E-state index in [-0.39, 0.29) is 11.3 Å². The van der Waals surface area contributed by atoms with Crippen LogP contribution in [-0.4, -0.2) is 40.0 Å². The summed E-state index contributed by atoms with van der Waals surface area (Å²) in [6, 6.07) is 4.01. The zero-order chi connectivity index (χ0) is 16.0. The van der Waals surface area contributed by atoms with Crippen LogP contribution in [0.5, 0.6) is 0 Å². The summed E-state index contributed by atoms with van der Waals surface area (Å²) in [6.45, 7) is 9.94. The van der Waals surface area contributed by atoms with E-state index in [9.17, 15) is 10.1 Å². The first kappa shape index (κ1) is 16.9. The fourth-order valence-electron chi connectivity index (χ4n) is 2.20. The Labute approximate surface area is 124 Å². The molecule has 1 aromatic heterocycles. The van der Waals surface area contributed by atoms with Crippen molar-refractivity contribution in [2.75, 3.05) is 18.4 Å². The number of nitriles is 1. The predicted molar refractivity (Wildman–Crippen MR) is 81.1 cm³/mol. The normalized spacial score (nSPS) is 11.0. The van der Waals surface area contributed by atoms with Crippen molar-refractivity contribution < 1.29 is 4.92 Å². The van der Waals surface area contributed by atoms with Gasteiger partial charge in [-0.1, -0.05) is 0 Å². The molecule has 7 heteroatoms. The van der Waals surface area contributed by atoms with Crippen molar-refractivity contribution in [1.29, 1.82) is 5.26 Å². The molecule has 0 aliphatic carbocycles. The highest BCUT2D eigenvalue weighted by Gasteiger charge is 2.14. The van der Waals surface area contributed by atoms with Gasteiger partial charge in [0.15, 0.2) is 0 Å². The molecule has 0 bridgehead atoms. The number of nitro groups is 1. The lowest BCUT2D eigenvalue weighted by molar-refractivity contribution is -0.385. The second kappa shape index (κ2) is 7.55. The molecule has 0 aliphatic rings. The first-order valence-corrected chi connectivity index (χ1v) is 6.91. The Balaban J connectivity index is 2.72. The minimum Gasteiger partial charge on any atom is -0.368 e. The first-order chi connectivity index (χ1) is 9.86. The van der Waals surface area contributed by atoms with E-state index < -0.39 is 4.92 Å². The molecule has 0 amide bonds.